The average molecular weight is 417 g/mol. The second-order valence-electron chi connectivity index (χ2n) is 7.77. The molecule has 1 N–H and O–H groups in total. The van der Waals surface area contributed by atoms with E-state index >= 15 is 0 Å². The molecule has 0 saturated heterocycles. The van der Waals surface area contributed by atoms with E-state index in [2.05, 4.69) is 17.4 Å². The molecule has 1 aliphatic heterocycles. The first-order valence-corrected chi connectivity index (χ1v) is 10.6. The second-order valence-corrected chi connectivity index (χ2v) is 7.77. The van der Waals surface area contributed by atoms with Gasteiger partial charge >= 0.3 is 0 Å². The number of para-hydroxylation sites is 2. The summed E-state index contributed by atoms with van der Waals surface area (Å²) < 4.78 is 11.2. The smallest absolute Gasteiger partial charge is 0.258 e. The Balaban J connectivity index is 1.73. The molecule has 3 aromatic rings. The summed E-state index contributed by atoms with van der Waals surface area (Å²) in [6.45, 7) is 3.56. The van der Waals surface area contributed by atoms with Gasteiger partial charge in [-0.25, -0.2) is 0 Å². The fourth-order valence-electron chi connectivity index (χ4n) is 4.11. The number of nitrogens with one attached hydrogen (secondary N) is 1. The van der Waals surface area contributed by atoms with Gasteiger partial charge in [-0.15, -0.1) is 0 Å². The highest BCUT2D eigenvalue weighted by Gasteiger charge is 2.43. The third-order valence-electron chi connectivity index (χ3n) is 5.74. The highest BCUT2D eigenvalue weighted by molar-refractivity contribution is 6.02. The quantitative estimate of drug-likeness (QED) is 0.541. The van der Waals surface area contributed by atoms with Gasteiger partial charge in [0.25, 0.3) is 5.91 Å². The van der Waals surface area contributed by atoms with Crippen LogP contribution in [0, 0.1) is 0 Å². The Labute approximate surface area is 183 Å². The van der Waals surface area contributed by atoms with E-state index in [0.717, 1.165) is 23.4 Å². The van der Waals surface area contributed by atoms with Gasteiger partial charge in [-0.05, 0) is 37.1 Å². The maximum Gasteiger partial charge on any atom is 0.258 e. The monoisotopic (exact) mass is 416 g/mol. The first kappa shape index (κ1) is 20.9. The molecule has 0 radical (unpaired) electrons. The van der Waals surface area contributed by atoms with Crippen molar-refractivity contribution in [2.75, 3.05) is 32.2 Å². The second kappa shape index (κ2) is 9.23. The summed E-state index contributed by atoms with van der Waals surface area (Å²) in [7, 11) is 1.65. The van der Waals surface area contributed by atoms with E-state index < -0.39 is 5.66 Å². The lowest BCUT2D eigenvalue weighted by Gasteiger charge is -2.47. The molecule has 0 fully saturated rings. The van der Waals surface area contributed by atoms with Gasteiger partial charge in [0.2, 0.25) is 0 Å². The fraction of sp³-hybridized carbons (Fsp3) is 0.269. The van der Waals surface area contributed by atoms with Crippen molar-refractivity contribution in [3.05, 3.63) is 95.6 Å². The van der Waals surface area contributed by atoms with Crippen LogP contribution in [0.25, 0.3) is 0 Å². The number of nitrogens with zero attached hydrogens (tertiary/aromatic N) is 1. The summed E-state index contributed by atoms with van der Waals surface area (Å²) in [4.78, 5) is 15.5. The highest BCUT2D eigenvalue weighted by atomic mass is 16.5. The average Bonchev–Trinajstić information content (AvgIpc) is 2.80. The number of ether oxygens (including phenoxy) is 2. The molecular weight excluding hydrogens is 388 g/mol. The van der Waals surface area contributed by atoms with Crippen LogP contribution in [0.5, 0.6) is 5.75 Å². The van der Waals surface area contributed by atoms with Crippen molar-refractivity contribution in [3.63, 3.8) is 0 Å². The SMILES string of the molecule is COCCOc1ccccc1C1(C)Nc2ccccc2C(=O)N1CCc1ccccc1. The first-order chi connectivity index (χ1) is 15.1. The summed E-state index contributed by atoms with van der Waals surface area (Å²) in [6, 6.07) is 25.8. The Morgan fingerprint density at radius 2 is 1.61 bits per heavy atom. The van der Waals surface area contributed by atoms with Gasteiger partial charge in [-0.1, -0.05) is 60.7 Å². The Morgan fingerprint density at radius 1 is 0.903 bits per heavy atom. The molecule has 31 heavy (non-hydrogen) atoms. The van der Waals surface area contributed by atoms with E-state index in [9.17, 15) is 4.79 Å². The summed E-state index contributed by atoms with van der Waals surface area (Å²) in [5.41, 5.74) is 2.87. The topological polar surface area (TPSA) is 50.8 Å². The molecule has 1 unspecified atom stereocenters. The van der Waals surface area contributed by atoms with Crippen LogP contribution in [0.4, 0.5) is 5.69 Å². The van der Waals surface area contributed by atoms with E-state index in [1.165, 1.54) is 5.56 Å². The van der Waals surface area contributed by atoms with Gasteiger partial charge in [0.1, 0.15) is 18.0 Å². The molecule has 3 aromatic carbocycles. The van der Waals surface area contributed by atoms with Crippen LogP contribution in [0.15, 0.2) is 78.9 Å². The standard InChI is InChI=1S/C26H28N2O3/c1-26(22-13-7-9-15-24(22)31-19-18-30-2)27-23-14-8-6-12-21(23)25(29)28(26)17-16-20-10-4-3-5-11-20/h3-15,27H,16-19H2,1-2H3. The molecule has 4 rings (SSSR count). The zero-order valence-electron chi connectivity index (χ0n) is 18.0. The minimum atomic E-state index is -0.760. The van der Waals surface area contributed by atoms with Crippen LogP contribution < -0.4 is 10.1 Å². The first-order valence-electron chi connectivity index (χ1n) is 10.6. The molecule has 1 amide bonds. The molecule has 1 aliphatic rings. The van der Waals surface area contributed by atoms with Crippen LogP contribution in [0.2, 0.25) is 0 Å². The molecule has 1 heterocycles. The van der Waals surface area contributed by atoms with Crippen molar-refractivity contribution in [1.82, 2.24) is 4.90 Å². The lowest BCUT2D eigenvalue weighted by atomic mass is 9.92. The number of hydrogen-bond donors (Lipinski definition) is 1. The van der Waals surface area contributed by atoms with Crippen molar-refractivity contribution in [3.8, 4) is 5.75 Å². The van der Waals surface area contributed by atoms with Gasteiger partial charge in [0.15, 0.2) is 0 Å². The summed E-state index contributed by atoms with van der Waals surface area (Å²) >= 11 is 0. The van der Waals surface area contributed by atoms with E-state index in [4.69, 9.17) is 9.47 Å². The van der Waals surface area contributed by atoms with E-state index in [1.54, 1.807) is 7.11 Å². The largest absolute Gasteiger partial charge is 0.491 e. The minimum absolute atomic E-state index is 0.0134. The number of rotatable bonds is 8. The molecule has 5 heteroatoms. The molecule has 0 spiro atoms. The van der Waals surface area contributed by atoms with Gasteiger partial charge in [-0.2, -0.15) is 0 Å². The molecule has 1 atom stereocenters. The van der Waals surface area contributed by atoms with E-state index in [-0.39, 0.29) is 5.91 Å². The van der Waals surface area contributed by atoms with Crippen LogP contribution in [-0.4, -0.2) is 37.7 Å². The normalized spacial score (nSPS) is 17.7. The predicted octanol–water partition coefficient (Wildman–Crippen LogP) is 4.70. The van der Waals surface area contributed by atoms with Gasteiger partial charge in [0, 0.05) is 24.9 Å². The van der Waals surface area contributed by atoms with Gasteiger partial charge in [0.05, 0.1) is 12.2 Å². The third-order valence-corrected chi connectivity index (χ3v) is 5.74. The van der Waals surface area contributed by atoms with Crippen LogP contribution in [0.3, 0.4) is 0 Å². The maximum absolute atomic E-state index is 13.6. The Hall–Kier alpha value is -3.31. The molecule has 0 saturated carbocycles. The minimum Gasteiger partial charge on any atom is -0.491 e. The summed E-state index contributed by atoms with van der Waals surface area (Å²) in [5, 5.41) is 3.63. The van der Waals surface area contributed by atoms with Crippen LogP contribution >= 0.6 is 0 Å². The zero-order chi connectivity index (χ0) is 21.7. The zero-order valence-corrected chi connectivity index (χ0v) is 18.0. The summed E-state index contributed by atoms with van der Waals surface area (Å²) in [6.07, 6.45) is 0.763. The lowest BCUT2D eigenvalue weighted by molar-refractivity contribution is 0.0530. The highest BCUT2D eigenvalue weighted by Crippen LogP contribution is 2.41. The fourth-order valence-corrected chi connectivity index (χ4v) is 4.11. The number of anilines is 1. The predicted molar refractivity (Wildman–Crippen MR) is 122 cm³/mol. The van der Waals surface area contributed by atoms with Crippen LogP contribution in [0.1, 0.15) is 28.4 Å². The number of methoxy groups -OCH3 is 1. The molecule has 0 bridgehead atoms. The van der Waals surface area contributed by atoms with Crippen molar-refractivity contribution >= 4 is 11.6 Å². The number of benzene rings is 3. The molecule has 0 aromatic heterocycles. The number of carbonyl (C=O) groups excluding carboxylic acids is 1. The third kappa shape index (κ3) is 4.28. The summed E-state index contributed by atoms with van der Waals surface area (Å²) in [5.74, 6) is 0.755. The number of hydrogen-bond acceptors (Lipinski definition) is 4. The van der Waals surface area contributed by atoms with Crippen molar-refractivity contribution in [2.45, 2.75) is 19.0 Å². The van der Waals surface area contributed by atoms with Crippen molar-refractivity contribution in [1.29, 1.82) is 0 Å². The van der Waals surface area contributed by atoms with Gasteiger partial charge < -0.3 is 19.7 Å². The van der Waals surface area contributed by atoms with E-state index in [0.29, 0.717) is 25.3 Å². The van der Waals surface area contributed by atoms with Crippen molar-refractivity contribution in [2.24, 2.45) is 0 Å². The lowest BCUT2D eigenvalue weighted by Crippen LogP contribution is -2.56. The Morgan fingerprint density at radius 3 is 2.42 bits per heavy atom. The molecule has 160 valence electrons. The molecule has 0 aliphatic carbocycles. The number of fused-ring (bicyclic) bond motifs is 1. The van der Waals surface area contributed by atoms with Crippen molar-refractivity contribution < 1.29 is 14.3 Å². The molecular formula is C26H28N2O3. The number of carbonyl (C=O) groups is 1. The van der Waals surface area contributed by atoms with E-state index in [1.807, 2.05) is 78.6 Å². The molecule has 5 nitrogen and oxygen atoms in total. The number of amides is 1. The Kier molecular flexibility index (Phi) is 6.23. The maximum atomic E-state index is 13.6. The van der Waals surface area contributed by atoms with Crippen LogP contribution in [-0.2, 0) is 16.8 Å². The van der Waals surface area contributed by atoms with Gasteiger partial charge in [-0.3, -0.25) is 4.79 Å². The Bertz CT molecular complexity index is 1040.